The molecule has 0 saturated heterocycles. The lowest BCUT2D eigenvalue weighted by Gasteiger charge is -2.08. The summed E-state index contributed by atoms with van der Waals surface area (Å²) in [5.74, 6) is -0.833. The molecule has 1 N–H and O–H groups in total. The molecular formula is C23H18Cl2N4O3. The van der Waals surface area contributed by atoms with E-state index < -0.39 is 11.7 Å². The molecule has 162 valence electrons. The minimum absolute atomic E-state index is 0.101. The molecule has 0 aliphatic heterocycles. The third-order valence-electron chi connectivity index (χ3n) is 4.79. The molecule has 0 radical (unpaired) electrons. The smallest absolute Gasteiger partial charge is 0.298 e. The van der Waals surface area contributed by atoms with Crippen molar-refractivity contribution in [1.82, 2.24) is 14.5 Å². The zero-order valence-corrected chi connectivity index (χ0v) is 18.5. The fourth-order valence-corrected chi connectivity index (χ4v) is 3.82. The Hall–Kier alpha value is -3.42. The van der Waals surface area contributed by atoms with Crippen molar-refractivity contribution in [3.63, 3.8) is 0 Å². The van der Waals surface area contributed by atoms with Gasteiger partial charge in [-0.3, -0.25) is 9.59 Å². The molecule has 2 aromatic carbocycles. The first-order valence-corrected chi connectivity index (χ1v) is 10.5. The minimum atomic E-state index is -0.849. The normalized spacial score (nSPS) is 10.8. The Morgan fingerprint density at radius 3 is 2.56 bits per heavy atom. The topological polar surface area (TPSA) is 86.1 Å². The number of hydrogen-bond acceptors (Lipinski definition) is 5. The zero-order valence-electron chi connectivity index (χ0n) is 17.0. The summed E-state index contributed by atoms with van der Waals surface area (Å²) in [6.07, 6.45) is 2.74. The minimum Gasteiger partial charge on any atom is -0.494 e. The third kappa shape index (κ3) is 4.44. The highest BCUT2D eigenvalue weighted by Crippen LogP contribution is 2.34. The van der Waals surface area contributed by atoms with Crippen molar-refractivity contribution in [2.75, 3.05) is 11.9 Å². The van der Waals surface area contributed by atoms with E-state index in [1.807, 2.05) is 25.1 Å². The molecule has 32 heavy (non-hydrogen) atoms. The highest BCUT2D eigenvalue weighted by Gasteiger charge is 2.27. The number of fused-ring (bicyclic) bond motifs is 1. The lowest BCUT2D eigenvalue weighted by atomic mass is 10.1. The molecule has 1 amide bonds. The molecule has 0 spiro atoms. The number of rotatable bonds is 7. The van der Waals surface area contributed by atoms with Gasteiger partial charge in [0.05, 0.1) is 17.7 Å². The fourth-order valence-electron chi connectivity index (χ4n) is 3.35. The van der Waals surface area contributed by atoms with E-state index in [0.717, 1.165) is 5.56 Å². The number of halogens is 2. The maximum Gasteiger partial charge on any atom is 0.298 e. The van der Waals surface area contributed by atoms with Crippen molar-refractivity contribution in [3.05, 3.63) is 82.4 Å². The van der Waals surface area contributed by atoms with Crippen molar-refractivity contribution in [3.8, 4) is 5.75 Å². The maximum absolute atomic E-state index is 13.2. The van der Waals surface area contributed by atoms with E-state index in [0.29, 0.717) is 34.8 Å². The van der Waals surface area contributed by atoms with E-state index in [2.05, 4.69) is 15.3 Å². The van der Waals surface area contributed by atoms with Gasteiger partial charge in [0, 0.05) is 23.2 Å². The van der Waals surface area contributed by atoms with Gasteiger partial charge < -0.3 is 14.6 Å². The van der Waals surface area contributed by atoms with Crippen molar-refractivity contribution >= 4 is 51.6 Å². The van der Waals surface area contributed by atoms with Crippen LogP contribution in [0.15, 0.2) is 61.1 Å². The number of benzene rings is 2. The highest BCUT2D eigenvalue weighted by molar-refractivity contribution is 6.51. The van der Waals surface area contributed by atoms with Crippen LogP contribution in [0.3, 0.4) is 0 Å². The molecule has 0 atom stereocenters. The number of ether oxygens (including phenoxy) is 1. The summed E-state index contributed by atoms with van der Waals surface area (Å²) in [7, 11) is 0. The second kappa shape index (κ2) is 9.38. The second-order valence-electron chi connectivity index (χ2n) is 6.87. The second-order valence-corrected chi connectivity index (χ2v) is 7.66. The average molecular weight is 469 g/mol. The zero-order chi connectivity index (χ0) is 22.7. The lowest BCUT2D eigenvalue weighted by Crippen LogP contribution is -2.23. The van der Waals surface area contributed by atoms with Gasteiger partial charge in [0.2, 0.25) is 0 Å². The van der Waals surface area contributed by atoms with Crippen molar-refractivity contribution in [1.29, 1.82) is 0 Å². The number of anilines is 1. The molecule has 7 nitrogen and oxygen atoms in total. The van der Waals surface area contributed by atoms with Crippen LogP contribution in [-0.4, -0.2) is 32.8 Å². The van der Waals surface area contributed by atoms with Crippen molar-refractivity contribution in [2.24, 2.45) is 0 Å². The Morgan fingerprint density at radius 1 is 1.09 bits per heavy atom. The van der Waals surface area contributed by atoms with E-state index in [1.165, 1.54) is 18.6 Å². The summed E-state index contributed by atoms with van der Waals surface area (Å²) in [6.45, 7) is 2.72. The van der Waals surface area contributed by atoms with Crippen LogP contribution in [0.2, 0.25) is 10.2 Å². The van der Waals surface area contributed by atoms with Gasteiger partial charge in [-0.25, -0.2) is 9.97 Å². The van der Waals surface area contributed by atoms with Crippen LogP contribution in [-0.2, 0) is 11.3 Å². The van der Waals surface area contributed by atoms with Crippen LogP contribution in [0, 0.1) is 0 Å². The Balaban J connectivity index is 1.78. The Bertz CT molecular complexity index is 1290. The Morgan fingerprint density at radius 2 is 1.88 bits per heavy atom. The van der Waals surface area contributed by atoms with Crippen LogP contribution in [0.4, 0.5) is 5.82 Å². The molecule has 0 fully saturated rings. The van der Waals surface area contributed by atoms with Crippen LogP contribution in [0.1, 0.15) is 22.8 Å². The Kier molecular flexibility index (Phi) is 6.39. The van der Waals surface area contributed by atoms with E-state index in [4.69, 9.17) is 27.9 Å². The summed E-state index contributed by atoms with van der Waals surface area (Å²) >= 11 is 12.7. The molecule has 2 aromatic heterocycles. The van der Waals surface area contributed by atoms with Crippen molar-refractivity contribution in [2.45, 2.75) is 13.5 Å². The molecule has 9 heteroatoms. The number of nitrogens with zero attached hydrogens (tertiary/aromatic N) is 3. The number of hydrogen-bond donors (Lipinski definition) is 1. The number of ketones is 1. The summed E-state index contributed by atoms with van der Waals surface area (Å²) in [5, 5.41) is 3.79. The van der Waals surface area contributed by atoms with Gasteiger partial charge in [-0.2, -0.15) is 0 Å². The maximum atomic E-state index is 13.2. The third-order valence-corrected chi connectivity index (χ3v) is 5.44. The summed E-state index contributed by atoms with van der Waals surface area (Å²) in [4.78, 5) is 33.6. The van der Waals surface area contributed by atoms with Crippen LogP contribution >= 0.6 is 23.2 Å². The van der Waals surface area contributed by atoms with Gasteiger partial charge in [-0.15, -0.1) is 0 Å². The standard InChI is InChI=1S/C23H18Cl2N4O3/c1-2-32-16-7-8-18-17(11-16)20(21(30)23(31)28-19-9-10-26-13-27-19)22(25)29(18)12-14-3-5-15(24)6-4-14/h3-11,13H,2,12H2,1H3,(H,26,27,28,31). The Labute approximate surface area is 194 Å². The number of Topliss-reactive ketones (excluding diaryl/α,β-unsaturated/α-hetero) is 1. The largest absolute Gasteiger partial charge is 0.494 e. The first kappa shape index (κ1) is 21.8. The first-order chi connectivity index (χ1) is 15.5. The number of amides is 1. The van der Waals surface area contributed by atoms with Crippen LogP contribution in [0.5, 0.6) is 5.75 Å². The van der Waals surface area contributed by atoms with Gasteiger partial charge in [-0.05, 0) is 48.9 Å². The molecule has 4 aromatic rings. The summed E-state index contributed by atoms with van der Waals surface area (Å²) in [5.41, 5.74) is 1.74. The van der Waals surface area contributed by atoms with E-state index in [9.17, 15) is 9.59 Å². The van der Waals surface area contributed by atoms with Gasteiger partial charge in [0.15, 0.2) is 0 Å². The highest BCUT2D eigenvalue weighted by atomic mass is 35.5. The fraction of sp³-hybridized carbons (Fsp3) is 0.130. The molecule has 4 rings (SSSR count). The van der Waals surface area contributed by atoms with Gasteiger partial charge >= 0.3 is 0 Å². The molecule has 0 aliphatic rings. The summed E-state index contributed by atoms with van der Waals surface area (Å²) < 4.78 is 7.37. The molecular weight excluding hydrogens is 451 g/mol. The average Bonchev–Trinajstić information content (AvgIpc) is 3.06. The van der Waals surface area contributed by atoms with E-state index >= 15 is 0 Å². The number of aromatic nitrogens is 3. The SMILES string of the molecule is CCOc1ccc2c(c1)c(C(=O)C(=O)Nc1ccncn1)c(Cl)n2Cc1ccc(Cl)cc1. The number of carbonyl (C=O) groups excluding carboxylic acids is 2. The van der Waals surface area contributed by atoms with E-state index in [1.54, 1.807) is 28.8 Å². The number of carbonyl (C=O) groups is 2. The predicted octanol–water partition coefficient (Wildman–Crippen LogP) is 5.01. The molecule has 0 unspecified atom stereocenters. The van der Waals surface area contributed by atoms with Gasteiger partial charge in [0.1, 0.15) is 23.0 Å². The molecule has 0 aliphatic carbocycles. The summed E-state index contributed by atoms with van der Waals surface area (Å²) in [6, 6.07) is 14.1. The van der Waals surface area contributed by atoms with Crippen LogP contribution in [0.25, 0.3) is 10.9 Å². The molecule has 2 heterocycles. The van der Waals surface area contributed by atoms with E-state index in [-0.39, 0.29) is 16.5 Å². The van der Waals surface area contributed by atoms with Crippen LogP contribution < -0.4 is 10.1 Å². The van der Waals surface area contributed by atoms with Gasteiger partial charge in [-0.1, -0.05) is 35.3 Å². The number of nitrogens with one attached hydrogen (secondary N) is 1. The van der Waals surface area contributed by atoms with Gasteiger partial charge in [0.25, 0.3) is 11.7 Å². The molecule has 0 saturated carbocycles. The first-order valence-electron chi connectivity index (χ1n) is 9.78. The lowest BCUT2D eigenvalue weighted by molar-refractivity contribution is -0.112. The quantitative estimate of drug-likeness (QED) is 0.304. The monoisotopic (exact) mass is 468 g/mol. The van der Waals surface area contributed by atoms with Crippen molar-refractivity contribution < 1.29 is 14.3 Å². The predicted molar refractivity (Wildman–Crippen MR) is 124 cm³/mol. The molecule has 0 bridgehead atoms.